The Morgan fingerprint density at radius 3 is 2.19 bits per heavy atom. The van der Waals surface area contributed by atoms with Crippen molar-refractivity contribution in [3.8, 4) is 0 Å². The third-order valence-corrected chi connectivity index (χ3v) is 3.68. The predicted molar refractivity (Wildman–Crippen MR) is 69.1 cm³/mol. The van der Waals surface area contributed by atoms with Gasteiger partial charge in [0.15, 0.2) is 17.5 Å². The Bertz CT molecular complexity index is 593. The maximum absolute atomic E-state index is 13.2. The molecule has 0 atom stereocenters. The van der Waals surface area contributed by atoms with Crippen LogP contribution in [0.4, 0.5) is 13.2 Å². The second-order valence-corrected chi connectivity index (χ2v) is 5.50. The zero-order valence-corrected chi connectivity index (χ0v) is 11.9. The Hall–Kier alpha value is -2.05. The maximum atomic E-state index is 13.2. The molecule has 0 unspecified atom stereocenters. The van der Waals surface area contributed by atoms with Gasteiger partial charge in [-0.25, -0.2) is 13.2 Å². The summed E-state index contributed by atoms with van der Waals surface area (Å²) in [5, 5.41) is 0. The molecule has 0 aliphatic carbocycles. The van der Waals surface area contributed by atoms with Gasteiger partial charge in [0.1, 0.15) is 5.54 Å². The van der Waals surface area contributed by atoms with E-state index in [1.807, 2.05) is 0 Å². The summed E-state index contributed by atoms with van der Waals surface area (Å²) < 4.78 is 39.4. The molecule has 114 valence electrons. The molecule has 2 rings (SSSR count). The number of rotatable bonds is 1. The van der Waals surface area contributed by atoms with Gasteiger partial charge in [0.25, 0.3) is 5.91 Å². The van der Waals surface area contributed by atoms with Crippen molar-refractivity contribution in [1.82, 2.24) is 9.80 Å². The summed E-state index contributed by atoms with van der Waals surface area (Å²) >= 11 is 0. The van der Waals surface area contributed by atoms with E-state index < -0.39 is 28.9 Å². The largest absolute Gasteiger partial charge is 0.342 e. The molecule has 0 spiro atoms. The number of hydrogen-bond acceptors (Lipinski definition) is 2. The lowest BCUT2D eigenvalue weighted by molar-refractivity contribution is -0.144. The number of carbonyl (C=O) groups is 2. The molecule has 4 nitrogen and oxygen atoms in total. The fourth-order valence-corrected chi connectivity index (χ4v) is 2.40. The van der Waals surface area contributed by atoms with Crippen molar-refractivity contribution in [3.63, 3.8) is 0 Å². The molecule has 1 heterocycles. The van der Waals surface area contributed by atoms with Gasteiger partial charge in [0.05, 0.1) is 0 Å². The number of piperazine rings is 1. The number of hydrogen-bond donors (Lipinski definition) is 0. The Labute approximate surface area is 120 Å². The lowest BCUT2D eigenvalue weighted by atomic mass is 9.96. The molecule has 1 saturated heterocycles. The molecule has 1 aliphatic rings. The lowest BCUT2D eigenvalue weighted by Gasteiger charge is -2.44. The second kappa shape index (κ2) is 5.05. The lowest BCUT2D eigenvalue weighted by Crippen LogP contribution is -2.63. The molecule has 0 radical (unpaired) electrons. The average Bonchev–Trinajstić information content (AvgIpc) is 2.41. The minimum atomic E-state index is -1.62. The molecule has 0 aromatic heterocycles. The second-order valence-electron chi connectivity index (χ2n) is 5.50. The van der Waals surface area contributed by atoms with Crippen LogP contribution in [0.5, 0.6) is 0 Å². The number of carbonyl (C=O) groups excluding carboxylic acids is 2. The summed E-state index contributed by atoms with van der Waals surface area (Å²) in [5.41, 5.74) is -1.46. The number of amides is 2. The fourth-order valence-electron chi connectivity index (χ4n) is 2.40. The molecule has 21 heavy (non-hydrogen) atoms. The number of likely N-dealkylation sites (N-methyl/N-ethyl adjacent to an activating group) is 1. The van der Waals surface area contributed by atoms with Crippen LogP contribution in [0.1, 0.15) is 24.2 Å². The minimum Gasteiger partial charge on any atom is -0.342 e. The van der Waals surface area contributed by atoms with Gasteiger partial charge >= 0.3 is 0 Å². The van der Waals surface area contributed by atoms with Crippen LogP contribution in [0.2, 0.25) is 0 Å². The first kappa shape index (κ1) is 15.3. The number of benzene rings is 1. The van der Waals surface area contributed by atoms with E-state index in [0.717, 1.165) is 0 Å². The summed E-state index contributed by atoms with van der Waals surface area (Å²) in [7, 11) is 1.61. The molecule has 1 aromatic rings. The fraction of sp³-hybridized carbons (Fsp3) is 0.429. The van der Waals surface area contributed by atoms with Crippen molar-refractivity contribution in [2.45, 2.75) is 19.4 Å². The average molecular weight is 300 g/mol. The molecule has 1 fully saturated rings. The Morgan fingerprint density at radius 2 is 1.67 bits per heavy atom. The van der Waals surface area contributed by atoms with Gasteiger partial charge in [0, 0.05) is 25.7 Å². The Balaban J connectivity index is 2.38. The summed E-state index contributed by atoms with van der Waals surface area (Å²) in [4.78, 5) is 27.2. The van der Waals surface area contributed by atoms with E-state index in [0.29, 0.717) is 18.7 Å². The first-order valence-electron chi connectivity index (χ1n) is 6.38. The van der Waals surface area contributed by atoms with E-state index in [-0.39, 0.29) is 18.0 Å². The normalized spacial score (nSPS) is 18.1. The van der Waals surface area contributed by atoms with Crippen molar-refractivity contribution in [2.75, 3.05) is 20.1 Å². The van der Waals surface area contributed by atoms with Crippen LogP contribution in [0.3, 0.4) is 0 Å². The first-order valence-corrected chi connectivity index (χ1v) is 6.38. The quantitative estimate of drug-likeness (QED) is 0.742. The smallest absolute Gasteiger partial charge is 0.255 e. The number of halogens is 3. The van der Waals surface area contributed by atoms with Gasteiger partial charge in [-0.15, -0.1) is 0 Å². The van der Waals surface area contributed by atoms with Crippen LogP contribution in [0.25, 0.3) is 0 Å². The van der Waals surface area contributed by atoms with Crippen molar-refractivity contribution < 1.29 is 22.8 Å². The van der Waals surface area contributed by atoms with E-state index in [1.54, 1.807) is 20.9 Å². The van der Waals surface area contributed by atoms with Crippen LogP contribution in [-0.4, -0.2) is 47.3 Å². The SMILES string of the molecule is CN1CCN(C(=O)c2cc(F)c(F)c(F)c2)C(C)(C)C1=O. The Morgan fingerprint density at radius 1 is 1.14 bits per heavy atom. The van der Waals surface area contributed by atoms with Crippen LogP contribution < -0.4 is 0 Å². The van der Waals surface area contributed by atoms with E-state index in [4.69, 9.17) is 0 Å². The van der Waals surface area contributed by atoms with Crippen LogP contribution in [0, 0.1) is 17.5 Å². The third kappa shape index (κ3) is 2.48. The van der Waals surface area contributed by atoms with Crippen molar-refractivity contribution in [1.29, 1.82) is 0 Å². The van der Waals surface area contributed by atoms with Gasteiger partial charge in [-0.2, -0.15) is 0 Å². The highest BCUT2D eigenvalue weighted by atomic mass is 19.2. The van der Waals surface area contributed by atoms with Crippen LogP contribution >= 0.6 is 0 Å². The van der Waals surface area contributed by atoms with Gasteiger partial charge in [0.2, 0.25) is 5.91 Å². The molecule has 2 amide bonds. The molecule has 0 N–H and O–H groups in total. The van der Waals surface area contributed by atoms with Crippen LogP contribution in [-0.2, 0) is 4.79 Å². The monoisotopic (exact) mass is 300 g/mol. The van der Waals surface area contributed by atoms with E-state index >= 15 is 0 Å². The summed E-state index contributed by atoms with van der Waals surface area (Å²) in [5.74, 6) is -5.47. The van der Waals surface area contributed by atoms with Gasteiger partial charge < -0.3 is 9.80 Å². The topological polar surface area (TPSA) is 40.6 Å². The summed E-state index contributed by atoms with van der Waals surface area (Å²) in [6, 6.07) is 1.28. The molecular weight excluding hydrogens is 285 g/mol. The highest BCUT2D eigenvalue weighted by Crippen LogP contribution is 2.25. The van der Waals surface area contributed by atoms with Gasteiger partial charge in [-0.1, -0.05) is 0 Å². The van der Waals surface area contributed by atoms with E-state index in [1.165, 1.54) is 9.80 Å². The highest BCUT2D eigenvalue weighted by Gasteiger charge is 2.43. The molecule has 0 saturated carbocycles. The molecule has 1 aromatic carbocycles. The zero-order valence-electron chi connectivity index (χ0n) is 11.9. The maximum Gasteiger partial charge on any atom is 0.255 e. The van der Waals surface area contributed by atoms with Crippen molar-refractivity contribution in [3.05, 3.63) is 35.1 Å². The standard InChI is InChI=1S/C14H15F3N2O2/c1-14(2)13(21)18(3)4-5-19(14)12(20)8-6-9(15)11(17)10(16)7-8/h6-7H,4-5H2,1-3H3. The predicted octanol–water partition coefficient (Wildman–Crippen LogP) is 1.80. The summed E-state index contributed by atoms with van der Waals surface area (Å²) in [6.07, 6.45) is 0. The number of nitrogens with zero attached hydrogens (tertiary/aromatic N) is 2. The van der Waals surface area contributed by atoms with Crippen molar-refractivity contribution in [2.24, 2.45) is 0 Å². The van der Waals surface area contributed by atoms with Crippen LogP contribution in [0.15, 0.2) is 12.1 Å². The van der Waals surface area contributed by atoms with E-state index in [2.05, 4.69) is 0 Å². The molecule has 7 heteroatoms. The first-order chi connectivity index (χ1) is 9.66. The Kier molecular flexibility index (Phi) is 3.69. The molecule has 1 aliphatic heterocycles. The zero-order chi connectivity index (χ0) is 15.9. The minimum absolute atomic E-state index is 0.231. The van der Waals surface area contributed by atoms with E-state index in [9.17, 15) is 22.8 Å². The molecular formula is C14H15F3N2O2. The van der Waals surface area contributed by atoms with Gasteiger partial charge in [-0.3, -0.25) is 9.59 Å². The van der Waals surface area contributed by atoms with Gasteiger partial charge in [-0.05, 0) is 26.0 Å². The summed E-state index contributed by atoms with van der Waals surface area (Å²) in [6.45, 7) is 3.66. The molecule has 0 bridgehead atoms. The third-order valence-electron chi connectivity index (χ3n) is 3.68. The van der Waals surface area contributed by atoms with Crippen molar-refractivity contribution >= 4 is 11.8 Å². The highest BCUT2D eigenvalue weighted by molar-refractivity contribution is 5.99.